The summed E-state index contributed by atoms with van der Waals surface area (Å²) in [4.78, 5) is 4.09. The number of anilines is 1. The minimum absolute atomic E-state index is 0.0762. The first-order valence-electron chi connectivity index (χ1n) is 3.98. The molecule has 2 N–H and O–H groups in total. The van der Waals surface area contributed by atoms with Crippen LogP contribution >= 0.6 is 11.3 Å². The fraction of sp³-hybridized carbons (Fsp3) is 0.571. The van der Waals surface area contributed by atoms with Gasteiger partial charge in [0.2, 0.25) is 0 Å². The molecule has 1 atom stereocenters. The molecule has 0 amide bonds. The maximum absolute atomic E-state index is 11.2. The first-order valence-corrected chi connectivity index (χ1v) is 6.68. The SMILES string of the molecule is Nc1csc(C2CCS(=O)(=O)C2)n1. The molecule has 1 aromatic heterocycles. The highest BCUT2D eigenvalue weighted by molar-refractivity contribution is 7.91. The van der Waals surface area contributed by atoms with Crippen LogP contribution in [0.3, 0.4) is 0 Å². The molecule has 0 bridgehead atoms. The zero-order valence-corrected chi connectivity index (χ0v) is 8.57. The second-order valence-electron chi connectivity index (χ2n) is 3.21. The number of rotatable bonds is 1. The van der Waals surface area contributed by atoms with E-state index in [-0.39, 0.29) is 17.4 Å². The molecule has 0 spiro atoms. The maximum atomic E-state index is 11.2. The lowest BCUT2D eigenvalue weighted by Crippen LogP contribution is -2.03. The van der Waals surface area contributed by atoms with E-state index < -0.39 is 9.84 Å². The molecule has 0 aromatic carbocycles. The van der Waals surface area contributed by atoms with Crippen molar-refractivity contribution >= 4 is 27.0 Å². The summed E-state index contributed by atoms with van der Waals surface area (Å²) in [6.07, 6.45) is 0.690. The second-order valence-corrected chi connectivity index (χ2v) is 6.33. The van der Waals surface area contributed by atoms with E-state index in [0.717, 1.165) is 5.01 Å². The highest BCUT2D eigenvalue weighted by atomic mass is 32.2. The van der Waals surface area contributed by atoms with Crippen molar-refractivity contribution in [2.45, 2.75) is 12.3 Å². The van der Waals surface area contributed by atoms with Crippen LogP contribution in [-0.4, -0.2) is 24.9 Å². The van der Waals surface area contributed by atoms with E-state index in [1.807, 2.05) is 0 Å². The van der Waals surface area contributed by atoms with Crippen molar-refractivity contribution in [3.05, 3.63) is 10.4 Å². The third kappa shape index (κ3) is 1.83. The van der Waals surface area contributed by atoms with Gasteiger partial charge in [-0.05, 0) is 6.42 Å². The van der Waals surface area contributed by atoms with Crippen molar-refractivity contribution in [1.82, 2.24) is 4.98 Å². The highest BCUT2D eigenvalue weighted by Crippen LogP contribution is 2.31. The number of nitrogen functional groups attached to an aromatic ring is 1. The lowest BCUT2D eigenvalue weighted by atomic mass is 10.1. The normalized spacial score (nSPS) is 26.3. The molecule has 2 rings (SSSR count). The van der Waals surface area contributed by atoms with Gasteiger partial charge in [-0.3, -0.25) is 0 Å². The number of hydrogen-bond acceptors (Lipinski definition) is 5. The number of thiazole rings is 1. The zero-order valence-electron chi connectivity index (χ0n) is 6.93. The van der Waals surface area contributed by atoms with Crippen LogP contribution < -0.4 is 5.73 Å². The number of sulfone groups is 1. The predicted octanol–water partition coefficient (Wildman–Crippen LogP) is 0.627. The summed E-state index contributed by atoms with van der Waals surface area (Å²) < 4.78 is 22.3. The van der Waals surface area contributed by atoms with Crippen LogP contribution in [0.1, 0.15) is 17.3 Å². The average molecular weight is 218 g/mol. The maximum Gasteiger partial charge on any atom is 0.151 e. The van der Waals surface area contributed by atoms with Crippen molar-refractivity contribution in [1.29, 1.82) is 0 Å². The molecule has 0 aliphatic carbocycles. The van der Waals surface area contributed by atoms with E-state index in [2.05, 4.69) is 4.98 Å². The molecule has 1 unspecified atom stereocenters. The Kier molecular flexibility index (Phi) is 2.03. The van der Waals surface area contributed by atoms with Gasteiger partial charge in [-0.25, -0.2) is 13.4 Å². The van der Waals surface area contributed by atoms with E-state index in [4.69, 9.17) is 5.73 Å². The molecule has 1 aliphatic rings. The zero-order chi connectivity index (χ0) is 9.47. The van der Waals surface area contributed by atoms with Gasteiger partial charge in [-0.15, -0.1) is 11.3 Å². The smallest absolute Gasteiger partial charge is 0.151 e. The Morgan fingerprint density at radius 1 is 1.62 bits per heavy atom. The van der Waals surface area contributed by atoms with Gasteiger partial charge in [-0.2, -0.15) is 0 Å². The first-order chi connectivity index (χ1) is 6.07. The summed E-state index contributed by atoms with van der Waals surface area (Å²) in [5.41, 5.74) is 5.46. The fourth-order valence-electron chi connectivity index (χ4n) is 1.48. The molecule has 72 valence electrons. The van der Waals surface area contributed by atoms with Gasteiger partial charge in [0, 0.05) is 11.3 Å². The van der Waals surface area contributed by atoms with Crippen molar-refractivity contribution in [3.8, 4) is 0 Å². The Hall–Kier alpha value is -0.620. The van der Waals surface area contributed by atoms with E-state index in [1.54, 1.807) is 5.38 Å². The van der Waals surface area contributed by atoms with Crippen LogP contribution in [0.5, 0.6) is 0 Å². The monoisotopic (exact) mass is 218 g/mol. The van der Waals surface area contributed by atoms with Gasteiger partial charge in [-0.1, -0.05) is 0 Å². The van der Waals surface area contributed by atoms with Gasteiger partial charge < -0.3 is 5.73 Å². The molecule has 1 aromatic rings. The van der Waals surface area contributed by atoms with Gasteiger partial charge in [0.25, 0.3) is 0 Å². The summed E-state index contributed by atoms with van der Waals surface area (Å²) in [6, 6.07) is 0. The van der Waals surface area contributed by atoms with E-state index in [1.165, 1.54) is 11.3 Å². The van der Waals surface area contributed by atoms with Crippen LogP contribution in [-0.2, 0) is 9.84 Å². The molecular formula is C7H10N2O2S2. The first kappa shape index (κ1) is 8.96. The third-order valence-corrected chi connectivity index (χ3v) is 4.91. The standard InChI is InChI=1S/C7H10N2O2S2/c8-6-3-12-7(9-6)5-1-2-13(10,11)4-5/h3,5H,1-2,4,8H2. The quantitative estimate of drug-likeness (QED) is 0.750. The highest BCUT2D eigenvalue weighted by Gasteiger charge is 2.30. The van der Waals surface area contributed by atoms with Crippen molar-refractivity contribution < 1.29 is 8.42 Å². The van der Waals surface area contributed by atoms with Crippen molar-refractivity contribution in [3.63, 3.8) is 0 Å². The van der Waals surface area contributed by atoms with Crippen LogP contribution in [0.15, 0.2) is 5.38 Å². The van der Waals surface area contributed by atoms with Crippen LogP contribution in [0.4, 0.5) is 5.82 Å². The summed E-state index contributed by atoms with van der Waals surface area (Å²) >= 11 is 1.45. The predicted molar refractivity (Wildman–Crippen MR) is 52.5 cm³/mol. The van der Waals surface area contributed by atoms with E-state index in [9.17, 15) is 8.42 Å². The lowest BCUT2D eigenvalue weighted by molar-refractivity contribution is 0.601. The van der Waals surface area contributed by atoms with Crippen LogP contribution in [0, 0.1) is 0 Å². The van der Waals surface area contributed by atoms with E-state index >= 15 is 0 Å². The Labute approximate surface area is 80.7 Å². The molecule has 2 heterocycles. The number of aromatic nitrogens is 1. The van der Waals surface area contributed by atoms with Gasteiger partial charge >= 0.3 is 0 Å². The summed E-state index contributed by atoms with van der Waals surface area (Å²) in [6.45, 7) is 0. The Morgan fingerprint density at radius 2 is 2.38 bits per heavy atom. The van der Waals surface area contributed by atoms with Gasteiger partial charge in [0.1, 0.15) is 5.82 Å². The van der Waals surface area contributed by atoms with Gasteiger partial charge in [0.15, 0.2) is 9.84 Å². The molecule has 0 saturated carbocycles. The molecule has 1 aliphatic heterocycles. The number of nitrogens with two attached hydrogens (primary N) is 1. The molecule has 1 fully saturated rings. The largest absolute Gasteiger partial charge is 0.383 e. The molecule has 6 heteroatoms. The summed E-state index contributed by atoms with van der Waals surface area (Å²) in [5, 5.41) is 2.61. The minimum Gasteiger partial charge on any atom is -0.383 e. The van der Waals surface area contributed by atoms with Crippen molar-refractivity contribution in [2.24, 2.45) is 0 Å². The average Bonchev–Trinajstić information content (AvgIpc) is 2.56. The summed E-state index contributed by atoms with van der Waals surface area (Å²) in [7, 11) is -2.81. The van der Waals surface area contributed by atoms with E-state index in [0.29, 0.717) is 12.2 Å². The second kappa shape index (κ2) is 2.95. The Morgan fingerprint density at radius 3 is 2.85 bits per heavy atom. The number of hydrogen-bond donors (Lipinski definition) is 1. The molecule has 0 radical (unpaired) electrons. The minimum atomic E-state index is -2.81. The van der Waals surface area contributed by atoms with Gasteiger partial charge in [0.05, 0.1) is 16.5 Å². The van der Waals surface area contributed by atoms with Crippen LogP contribution in [0.2, 0.25) is 0 Å². The Balaban J connectivity index is 2.21. The Bertz CT molecular complexity index is 410. The topological polar surface area (TPSA) is 73.1 Å². The third-order valence-electron chi connectivity index (χ3n) is 2.12. The fourth-order valence-corrected chi connectivity index (χ4v) is 4.18. The molecular weight excluding hydrogens is 208 g/mol. The van der Waals surface area contributed by atoms with Crippen molar-refractivity contribution in [2.75, 3.05) is 17.2 Å². The summed E-state index contributed by atoms with van der Waals surface area (Å²) in [5.74, 6) is 1.09. The molecule has 13 heavy (non-hydrogen) atoms. The van der Waals surface area contributed by atoms with Crippen LogP contribution in [0.25, 0.3) is 0 Å². The lowest BCUT2D eigenvalue weighted by Gasteiger charge is -2.00. The number of nitrogens with zero attached hydrogens (tertiary/aromatic N) is 1. The molecule has 1 saturated heterocycles. The molecule has 4 nitrogen and oxygen atoms in total.